The van der Waals surface area contributed by atoms with Gasteiger partial charge < -0.3 is 14.8 Å². The van der Waals surface area contributed by atoms with Gasteiger partial charge in [-0.15, -0.1) is 0 Å². The third-order valence-electron chi connectivity index (χ3n) is 1.45. The van der Waals surface area contributed by atoms with E-state index in [1.54, 1.807) is 6.07 Å². The fourth-order valence-corrected chi connectivity index (χ4v) is 1.20. The van der Waals surface area contributed by atoms with Crippen LogP contribution in [0, 0.1) is 0 Å². The number of nitrogens with one attached hydrogen (secondary N) is 1. The first-order valence-corrected chi connectivity index (χ1v) is 4.63. The summed E-state index contributed by atoms with van der Waals surface area (Å²) >= 11 is 3.12. The van der Waals surface area contributed by atoms with Gasteiger partial charge in [0.25, 0.3) is 5.91 Å². The largest absolute Gasteiger partial charge is 0.481 e. The number of carboxylic acid groups (broad SMARTS) is 1. The molecule has 0 saturated carbocycles. The van der Waals surface area contributed by atoms with Gasteiger partial charge in [0.05, 0.1) is 17.2 Å². The van der Waals surface area contributed by atoms with Gasteiger partial charge in [0.2, 0.25) is 5.76 Å². The van der Waals surface area contributed by atoms with Crippen molar-refractivity contribution in [3.05, 3.63) is 22.6 Å². The Bertz CT molecular complexity index is 347. The highest BCUT2D eigenvalue weighted by atomic mass is 79.9. The standard InChI is InChI=1S/C8H8BrNO4/c9-5-2-4-14-7(5)8(13)10-3-1-6(11)12/h2,4H,1,3H2,(H,10,13)(H,11,12). The number of hydrogen-bond acceptors (Lipinski definition) is 3. The lowest BCUT2D eigenvalue weighted by atomic mass is 10.4. The van der Waals surface area contributed by atoms with E-state index < -0.39 is 11.9 Å². The molecule has 76 valence electrons. The number of carbonyl (C=O) groups is 2. The zero-order valence-electron chi connectivity index (χ0n) is 7.12. The van der Waals surface area contributed by atoms with Crippen molar-refractivity contribution < 1.29 is 19.1 Å². The second kappa shape index (κ2) is 4.80. The van der Waals surface area contributed by atoms with Crippen LogP contribution in [0.1, 0.15) is 17.0 Å². The van der Waals surface area contributed by atoms with E-state index in [1.807, 2.05) is 0 Å². The average Bonchev–Trinajstić information content (AvgIpc) is 2.50. The van der Waals surface area contributed by atoms with Gasteiger partial charge >= 0.3 is 5.97 Å². The van der Waals surface area contributed by atoms with E-state index in [9.17, 15) is 9.59 Å². The van der Waals surface area contributed by atoms with E-state index >= 15 is 0 Å². The maximum absolute atomic E-state index is 11.3. The zero-order valence-corrected chi connectivity index (χ0v) is 8.70. The van der Waals surface area contributed by atoms with Crippen molar-refractivity contribution in [3.8, 4) is 0 Å². The van der Waals surface area contributed by atoms with Gasteiger partial charge in [-0.1, -0.05) is 0 Å². The Hall–Kier alpha value is -1.30. The summed E-state index contributed by atoms with van der Waals surface area (Å²) in [5, 5.41) is 10.7. The summed E-state index contributed by atoms with van der Waals surface area (Å²) in [4.78, 5) is 21.4. The van der Waals surface area contributed by atoms with Crippen LogP contribution >= 0.6 is 15.9 Å². The normalized spacial score (nSPS) is 9.79. The summed E-state index contributed by atoms with van der Waals surface area (Å²) in [5.41, 5.74) is 0. The molecule has 0 bridgehead atoms. The van der Waals surface area contributed by atoms with Crippen LogP contribution in [-0.4, -0.2) is 23.5 Å². The molecule has 6 heteroatoms. The lowest BCUT2D eigenvalue weighted by Crippen LogP contribution is -2.25. The highest BCUT2D eigenvalue weighted by Crippen LogP contribution is 2.16. The van der Waals surface area contributed by atoms with Crippen molar-refractivity contribution in [2.75, 3.05) is 6.54 Å². The van der Waals surface area contributed by atoms with E-state index in [4.69, 9.17) is 9.52 Å². The molecule has 14 heavy (non-hydrogen) atoms. The Kier molecular flexibility index (Phi) is 3.70. The highest BCUT2D eigenvalue weighted by molar-refractivity contribution is 9.10. The van der Waals surface area contributed by atoms with Gasteiger partial charge in [-0.25, -0.2) is 0 Å². The number of amides is 1. The lowest BCUT2D eigenvalue weighted by molar-refractivity contribution is -0.136. The van der Waals surface area contributed by atoms with Crippen LogP contribution in [0.25, 0.3) is 0 Å². The van der Waals surface area contributed by atoms with E-state index in [-0.39, 0.29) is 18.7 Å². The smallest absolute Gasteiger partial charge is 0.305 e. The van der Waals surface area contributed by atoms with Gasteiger partial charge in [-0.3, -0.25) is 9.59 Å². The molecule has 1 amide bonds. The van der Waals surface area contributed by atoms with Crippen LogP contribution in [0.5, 0.6) is 0 Å². The van der Waals surface area contributed by atoms with Gasteiger partial charge in [0, 0.05) is 6.54 Å². The lowest BCUT2D eigenvalue weighted by Gasteiger charge is -2.00. The van der Waals surface area contributed by atoms with Crippen LogP contribution in [-0.2, 0) is 4.79 Å². The number of carboxylic acids is 1. The monoisotopic (exact) mass is 261 g/mol. The molecule has 0 aliphatic carbocycles. The molecule has 1 rings (SSSR count). The molecule has 0 spiro atoms. The quantitative estimate of drug-likeness (QED) is 0.855. The first-order chi connectivity index (χ1) is 6.61. The van der Waals surface area contributed by atoms with Crippen LogP contribution in [0.15, 0.2) is 21.2 Å². The van der Waals surface area contributed by atoms with Crippen LogP contribution < -0.4 is 5.32 Å². The molecule has 0 fully saturated rings. The molecule has 2 N–H and O–H groups in total. The number of furan rings is 1. The minimum absolute atomic E-state index is 0.0846. The van der Waals surface area contributed by atoms with Gasteiger partial charge in [-0.2, -0.15) is 0 Å². The predicted molar refractivity (Wildman–Crippen MR) is 51.0 cm³/mol. The number of carbonyl (C=O) groups excluding carboxylic acids is 1. The SMILES string of the molecule is O=C(O)CCNC(=O)c1occc1Br. The molecule has 5 nitrogen and oxygen atoms in total. The van der Waals surface area contributed by atoms with Crippen molar-refractivity contribution in [1.29, 1.82) is 0 Å². The second-order valence-corrected chi connectivity index (χ2v) is 3.35. The van der Waals surface area contributed by atoms with E-state index in [2.05, 4.69) is 21.2 Å². The Morgan fingerprint density at radius 1 is 1.57 bits per heavy atom. The van der Waals surface area contributed by atoms with Crippen molar-refractivity contribution in [2.45, 2.75) is 6.42 Å². The maximum atomic E-state index is 11.3. The summed E-state index contributed by atoms with van der Waals surface area (Å²) in [5.74, 6) is -1.23. The summed E-state index contributed by atoms with van der Waals surface area (Å²) in [6.45, 7) is 0.0846. The van der Waals surface area contributed by atoms with Crippen molar-refractivity contribution >= 4 is 27.8 Å². The third kappa shape index (κ3) is 2.88. The molecule has 1 heterocycles. The second-order valence-electron chi connectivity index (χ2n) is 2.50. The first kappa shape index (κ1) is 10.8. The molecule has 0 aliphatic heterocycles. The summed E-state index contributed by atoms with van der Waals surface area (Å²) in [6, 6.07) is 1.59. The molecule has 0 radical (unpaired) electrons. The predicted octanol–water partition coefficient (Wildman–Crippen LogP) is 1.25. The summed E-state index contributed by atoms with van der Waals surface area (Å²) in [7, 11) is 0. The minimum Gasteiger partial charge on any atom is -0.481 e. The fraction of sp³-hybridized carbons (Fsp3) is 0.250. The fourth-order valence-electron chi connectivity index (χ4n) is 0.819. The molecule has 0 aliphatic rings. The van der Waals surface area contributed by atoms with Crippen LogP contribution in [0.2, 0.25) is 0 Å². The average molecular weight is 262 g/mol. The van der Waals surface area contributed by atoms with Crippen molar-refractivity contribution in [2.24, 2.45) is 0 Å². The molecule has 1 aromatic rings. The first-order valence-electron chi connectivity index (χ1n) is 3.84. The van der Waals surface area contributed by atoms with Gasteiger partial charge in [-0.05, 0) is 22.0 Å². The molecular weight excluding hydrogens is 254 g/mol. The van der Waals surface area contributed by atoms with Crippen molar-refractivity contribution in [1.82, 2.24) is 5.32 Å². The van der Waals surface area contributed by atoms with E-state index in [0.29, 0.717) is 4.47 Å². The topological polar surface area (TPSA) is 79.5 Å². The zero-order chi connectivity index (χ0) is 10.6. The van der Waals surface area contributed by atoms with Gasteiger partial charge in [0.15, 0.2) is 0 Å². The van der Waals surface area contributed by atoms with Gasteiger partial charge in [0.1, 0.15) is 0 Å². The van der Waals surface area contributed by atoms with E-state index in [0.717, 1.165) is 0 Å². The minimum atomic E-state index is -0.955. The van der Waals surface area contributed by atoms with Crippen molar-refractivity contribution in [3.63, 3.8) is 0 Å². The Labute approximate surface area is 88.2 Å². The van der Waals surface area contributed by atoms with Crippen LogP contribution in [0.3, 0.4) is 0 Å². The van der Waals surface area contributed by atoms with Crippen LogP contribution in [0.4, 0.5) is 0 Å². The van der Waals surface area contributed by atoms with E-state index in [1.165, 1.54) is 6.26 Å². The molecule has 0 atom stereocenters. The number of rotatable bonds is 4. The Morgan fingerprint density at radius 2 is 2.29 bits per heavy atom. The molecule has 0 aromatic carbocycles. The summed E-state index contributed by atoms with van der Waals surface area (Å²) < 4.78 is 5.42. The Balaban J connectivity index is 2.44. The molecular formula is C8H8BrNO4. The molecule has 1 aromatic heterocycles. The number of aliphatic carboxylic acids is 1. The maximum Gasteiger partial charge on any atom is 0.305 e. The highest BCUT2D eigenvalue weighted by Gasteiger charge is 2.12. The molecule has 0 saturated heterocycles. The number of halogens is 1. The number of hydrogen-bond donors (Lipinski definition) is 2. The summed E-state index contributed by atoms with van der Waals surface area (Å²) in [6.07, 6.45) is 1.26. The third-order valence-corrected chi connectivity index (χ3v) is 2.07. The Morgan fingerprint density at radius 3 is 2.79 bits per heavy atom. The molecule has 0 unspecified atom stereocenters.